The molecule has 3 rings (SSSR count). The third-order valence-corrected chi connectivity index (χ3v) is 4.48. The van der Waals surface area contributed by atoms with Crippen molar-refractivity contribution in [2.24, 2.45) is 5.73 Å². The lowest BCUT2D eigenvalue weighted by atomic mass is 9.88. The molecule has 1 atom stereocenters. The van der Waals surface area contributed by atoms with E-state index in [4.69, 9.17) is 28.9 Å². The average Bonchev–Trinajstić information content (AvgIpc) is 2.50. The number of nitrogens with one attached hydrogen (secondary N) is 1. The Morgan fingerprint density at radius 3 is 2.82 bits per heavy atom. The molecule has 6 heteroatoms. The van der Waals surface area contributed by atoms with Gasteiger partial charge in [0.1, 0.15) is 5.15 Å². The van der Waals surface area contributed by atoms with Crippen molar-refractivity contribution < 1.29 is 4.79 Å². The minimum absolute atomic E-state index is 0.184. The van der Waals surface area contributed by atoms with Crippen LogP contribution in [0.2, 0.25) is 10.2 Å². The van der Waals surface area contributed by atoms with Crippen molar-refractivity contribution in [1.29, 1.82) is 0 Å². The molecule has 0 fully saturated rings. The first-order valence-corrected chi connectivity index (χ1v) is 7.79. The van der Waals surface area contributed by atoms with Gasteiger partial charge in [-0.2, -0.15) is 0 Å². The van der Waals surface area contributed by atoms with E-state index in [0.29, 0.717) is 21.4 Å². The molecule has 1 aliphatic carbocycles. The highest BCUT2D eigenvalue weighted by Gasteiger charge is 2.20. The molecule has 3 N–H and O–H groups in total. The number of nitrogens with two attached hydrogens (primary N) is 1. The summed E-state index contributed by atoms with van der Waals surface area (Å²) < 4.78 is 0. The van der Waals surface area contributed by atoms with Crippen LogP contribution in [-0.2, 0) is 12.8 Å². The first kappa shape index (κ1) is 15.3. The molecule has 0 saturated carbocycles. The Morgan fingerprint density at radius 1 is 1.27 bits per heavy atom. The Bertz CT molecular complexity index is 716. The van der Waals surface area contributed by atoms with Crippen LogP contribution in [0.5, 0.6) is 0 Å². The van der Waals surface area contributed by atoms with Crippen molar-refractivity contribution in [2.75, 3.05) is 5.32 Å². The normalized spacial score (nSPS) is 17.0. The summed E-state index contributed by atoms with van der Waals surface area (Å²) in [6, 6.07) is 7.18. The number of halogens is 2. The van der Waals surface area contributed by atoms with Crippen LogP contribution in [0.15, 0.2) is 30.5 Å². The van der Waals surface area contributed by atoms with Gasteiger partial charge in [-0.1, -0.05) is 29.3 Å². The second-order valence-electron chi connectivity index (χ2n) is 5.39. The Labute approximate surface area is 138 Å². The highest BCUT2D eigenvalue weighted by atomic mass is 35.5. The lowest BCUT2D eigenvalue weighted by Crippen LogP contribution is -2.28. The zero-order valence-corrected chi connectivity index (χ0v) is 13.3. The average molecular weight is 336 g/mol. The monoisotopic (exact) mass is 335 g/mol. The van der Waals surface area contributed by atoms with Gasteiger partial charge in [0.05, 0.1) is 16.3 Å². The molecule has 1 unspecified atom stereocenters. The maximum absolute atomic E-state index is 12.2. The summed E-state index contributed by atoms with van der Waals surface area (Å²) in [5, 5.41) is 3.77. The molecule has 1 aromatic carbocycles. The van der Waals surface area contributed by atoms with Crippen LogP contribution in [0.1, 0.15) is 27.9 Å². The molecular weight excluding hydrogens is 321 g/mol. The van der Waals surface area contributed by atoms with E-state index < -0.39 is 0 Å². The fraction of sp³-hybridized carbons (Fsp3) is 0.250. The molecule has 0 bridgehead atoms. The van der Waals surface area contributed by atoms with Crippen molar-refractivity contribution in [2.45, 2.75) is 25.3 Å². The smallest absolute Gasteiger partial charge is 0.257 e. The van der Waals surface area contributed by atoms with Gasteiger partial charge < -0.3 is 11.1 Å². The zero-order chi connectivity index (χ0) is 15.7. The second kappa shape index (κ2) is 6.24. The van der Waals surface area contributed by atoms with Gasteiger partial charge in [0.2, 0.25) is 0 Å². The van der Waals surface area contributed by atoms with Crippen LogP contribution < -0.4 is 11.1 Å². The number of benzene rings is 1. The van der Waals surface area contributed by atoms with E-state index in [1.54, 1.807) is 12.1 Å². The number of anilines is 1. The number of amides is 1. The maximum atomic E-state index is 12.2. The number of pyridine rings is 1. The summed E-state index contributed by atoms with van der Waals surface area (Å²) in [7, 11) is 0. The highest BCUT2D eigenvalue weighted by molar-refractivity contribution is 6.34. The van der Waals surface area contributed by atoms with E-state index in [9.17, 15) is 4.79 Å². The predicted octanol–water partition coefficient (Wildman–Crippen LogP) is 3.46. The molecule has 0 saturated heterocycles. The standard InChI is InChI=1S/C16H15Cl2N3O/c17-14-6-2-10(8-20-14)16(22)21-13-5-1-9-7-11(19)3-4-12(9)15(13)18/h1-2,5-6,8,11H,3-4,7,19H2,(H,21,22). The van der Waals surface area contributed by atoms with Crippen molar-refractivity contribution in [1.82, 2.24) is 4.98 Å². The van der Waals surface area contributed by atoms with E-state index >= 15 is 0 Å². The van der Waals surface area contributed by atoms with E-state index in [0.717, 1.165) is 30.4 Å². The molecule has 4 nitrogen and oxygen atoms in total. The summed E-state index contributed by atoms with van der Waals surface area (Å²) in [6.07, 6.45) is 4.00. The third-order valence-electron chi connectivity index (χ3n) is 3.83. The lowest BCUT2D eigenvalue weighted by molar-refractivity contribution is 0.102. The van der Waals surface area contributed by atoms with Gasteiger partial charge in [0, 0.05) is 12.2 Å². The van der Waals surface area contributed by atoms with Gasteiger partial charge in [-0.25, -0.2) is 4.98 Å². The number of carbonyl (C=O) groups excluding carboxylic acids is 1. The van der Waals surface area contributed by atoms with E-state index in [2.05, 4.69) is 10.3 Å². The van der Waals surface area contributed by atoms with Crippen LogP contribution in [0, 0.1) is 0 Å². The third kappa shape index (κ3) is 3.09. The van der Waals surface area contributed by atoms with Gasteiger partial charge in [-0.05, 0) is 48.6 Å². The second-order valence-corrected chi connectivity index (χ2v) is 6.16. The Balaban J connectivity index is 1.84. The molecule has 0 spiro atoms. The molecule has 1 amide bonds. The Morgan fingerprint density at radius 2 is 2.09 bits per heavy atom. The Kier molecular flexibility index (Phi) is 4.34. The molecule has 1 aliphatic rings. The molecule has 0 radical (unpaired) electrons. The highest BCUT2D eigenvalue weighted by Crippen LogP contribution is 2.33. The minimum Gasteiger partial charge on any atom is -0.327 e. The van der Waals surface area contributed by atoms with Crippen LogP contribution in [0.25, 0.3) is 0 Å². The molecule has 1 heterocycles. The van der Waals surface area contributed by atoms with E-state index in [1.807, 2.05) is 12.1 Å². The largest absolute Gasteiger partial charge is 0.327 e. The SMILES string of the molecule is NC1CCc2c(ccc(NC(=O)c3ccc(Cl)nc3)c2Cl)C1. The van der Waals surface area contributed by atoms with Crippen LogP contribution in [0.3, 0.4) is 0 Å². The molecule has 22 heavy (non-hydrogen) atoms. The zero-order valence-electron chi connectivity index (χ0n) is 11.8. The van der Waals surface area contributed by atoms with E-state index in [-0.39, 0.29) is 11.9 Å². The fourth-order valence-electron chi connectivity index (χ4n) is 2.64. The van der Waals surface area contributed by atoms with Gasteiger partial charge in [-0.15, -0.1) is 0 Å². The van der Waals surface area contributed by atoms with Gasteiger partial charge in [-0.3, -0.25) is 4.79 Å². The molecule has 114 valence electrons. The number of aromatic nitrogens is 1. The first-order chi connectivity index (χ1) is 10.5. The van der Waals surface area contributed by atoms with Crippen molar-refractivity contribution >= 4 is 34.8 Å². The van der Waals surface area contributed by atoms with Crippen LogP contribution in [-0.4, -0.2) is 16.9 Å². The lowest BCUT2D eigenvalue weighted by Gasteiger charge is -2.23. The number of rotatable bonds is 2. The van der Waals surface area contributed by atoms with E-state index in [1.165, 1.54) is 6.20 Å². The number of carbonyl (C=O) groups is 1. The van der Waals surface area contributed by atoms with Gasteiger partial charge in [0.15, 0.2) is 0 Å². The number of hydrogen-bond acceptors (Lipinski definition) is 3. The summed E-state index contributed by atoms with van der Waals surface area (Å²) in [6.45, 7) is 0. The number of nitrogens with zero attached hydrogens (tertiary/aromatic N) is 1. The summed E-state index contributed by atoms with van der Waals surface area (Å²) in [5.74, 6) is -0.265. The van der Waals surface area contributed by atoms with Crippen molar-refractivity contribution in [3.05, 3.63) is 57.3 Å². The molecular formula is C16H15Cl2N3O. The topological polar surface area (TPSA) is 68.0 Å². The minimum atomic E-state index is -0.265. The predicted molar refractivity (Wildman–Crippen MR) is 88.7 cm³/mol. The van der Waals surface area contributed by atoms with Crippen LogP contribution >= 0.6 is 23.2 Å². The number of fused-ring (bicyclic) bond motifs is 1. The molecule has 1 aromatic heterocycles. The van der Waals surface area contributed by atoms with Gasteiger partial charge >= 0.3 is 0 Å². The van der Waals surface area contributed by atoms with Crippen molar-refractivity contribution in [3.63, 3.8) is 0 Å². The fourth-order valence-corrected chi connectivity index (χ4v) is 3.08. The quantitative estimate of drug-likeness (QED) is 0.826. The summed E-state index contributed by atoms with van der Waals surface area (Å²) >= 11 is 12.2. The first-order valence-electron chi connectivity index (χ1n) is 7.03. The number of hydrogen-bond donors (Lipinski definition) is 2. The molecule has 2 aromatic rings. The Hall–Kier alpha value is -1.62. The summed E-state index contributed by atoms with van der Waals surface area (Å²) in [4.78, 5) is 16.1. The molecule has 0 aliphatic heterocycles. The van der Waals surface area contributed by atoms with Gasteiger partial charge in [0.25, 0.3) is 5.91 Å². The maximum Gasteiger partial charge on any atom is 0.257 e. The summed E-state index contributed by atoms with van der Waals surface area (Å²) in [5.41, 5.74) is 9.26. The van der Waals surface area contributed by atoms with Crippen LogP contribution in [0.4, 0.5) is 5.69 Å². The van der Waals surface area contributed by atoms with Crippen molar-refractivity contribution in [3.8, 4) is 0 Å².